The van der Waals surface area contributed by atoms with E-state index < -0.39 is 0 Å². The fourth-order valence-electron chi connectivity index (χ4n) is 1.22. The third kappa shape index (κ3) is 4.30. The Morgan fingerprint density at radius 1 is 1.47 bits per heavy atom. The Labute approximate surface area is 97.1 Å². The highest BCUT2D eigenvalue weighted by Crippen LogP contribution is 2.09. The highest BCUT2D eigenvalue weighted by Gasteiger charge is 2.01. The summed E-state index contributed by atoms with van der Waals surface area (Å²) < 4.78 is 0. The molecule has 0 amide bonds. The lowest BCUT2D eigenvalue weighted by molar-refractivity contribution is 0.646. The lowest BCUT2D eigenvalue weighted by atomic mass is 10.2. The van der Waals surface area contributed by atoms with Gasteiger partial charge in [-0.25, -0.2) is 0 Å². The van der Waals surface area contributed by atoms with Gasteiger partial charge in [-0.05, 0) is 50.2 Å². The predicted octanol–water partition coefficient (Wildman–Crippen LogP) is 3.08. The Hall–Kier alpha value is -1.09. The minimum atomic E-state index is 0.412. The van der Waals surface area contributed by atoms with Crippen molar-refractivity contribution in [1.82, 2.24) is 5.32 Å². The van der Waals surface area contributed by atoms with Crippen molar-refractivity contribution in [3.8, 4) is 0 Å². The lowest BCUT2D eigenvalue weighted by Gasteiger charge is -2.15. The van der Waals surface area contributed by atoms with Crippen LogP contribution in [0.1, 0.15) is 25.8 Å². The second-order valence-electron chi connectivity index (χ2n) is 3.78. The molecule has 0 bridgehead atoms. The van der Waals surface area contributed by atoms with E-state index in [-0.39, 0.29) is 0 Å². The Bertz CT molecular complexity index is 336. The SMILES string of the molecule is CCC(C)NC(=S)Nc1cccc(C)c1. The van der Waals surface area contributed by atoms with Crippen LogP contribution in [0.25, 0.3) is 0 Å². The number of rotatable bonds is 3. The second-order valence-corrected chi connectivity index (χ2v) is 4.19. The first-order chi connectivity index (χ1) is 7.11. The average Bonchev–Trinajstić information content (AvgIpc) is 2.17. The first kappa shape index (κ1) is 12.0. The number of benzene rings is 1. The van der Waals surface area contributed by atoms with E-state index in [1.54, 1.807) is 0 Å². The Kier molecular flexibility index (Phi) is 4.56. The van der Waals surface area contributed by atoms with Crippen molar-refractivity contribution in [2.24, 2.45) is 0 Å². The zero-order valence-corrected chi connectivity index (χ0v) is 10.3. The van der Waals surface area contributed by atoms with Gasteiger partial charge in [0.2, 0.25) is 0 Å². The van der Waals surface area contributed by atoms with Crippen molar-refractivity contribution < 1.29 is 0 Å². The number of thiocarbonyl (C=S) groups is 1. The Morgan fingerprint density at radius 2 is 2.20 bits per heavy atom. The van der Waals surface area contributed by atoms with Crippen molar-refractivity contribution in [2.45, 2.75) is 33.2 Å². The molecule has 1 unspecified atom stereocenters. The molecule has 0 aromatic heterocycles. The van der Waals surface area contributed by atoms with Gasteiger partial charge in [0.25, 0.3) is 0 Å². The van der Waals surface area contributed by atoms with Gasteiger partial charge < -0.3 is 10.6 Å². The quantitative estimate of drug-likeness (QED) is 0.769. The molecule has 0 spiro atoms. The third-order valence-electron chi connectivity index (χ3n) is 2.27. The summed E-state index contributed by atoms with van der Waals surface area (Å²) in [6.07, 6.45) is 1.07. The molecule has 0 heterocycles. The molecule has 0 aliphatic heterocycles. The van der Waals surface area contributed by atoms with Gasteiger partial charge in [0.1, 0.15) is 0 Å². The fraction of sp³-hybridized carbons (Fsp3) is 0.417. The number of anilines is 1. The van der Waals surface area contributed by atoms with Gasteiger partial charge in [-0.3, -0.25) is 0 Å². The van der Waals surface area contributed by atoms with Crippen LogP contribution in [-0.2, 0) is 0 Å². The van der Waals surface area contributed by atoms with E-state index in [4.69, 9.17) is 12.2 Å². The highest BCUT2D eigenvalue weighted by atomic mass is 32.1. The molecule has 0 saturated carbocycles. The van der Waals surface area contributed by atoms with Crippen LogP contribution in [0.15, 0.2) is 24.3 Å². The van der Waals surface area contributed by atoms with Crippen LogP contribution in [-0.4, -0.2) is 11.2 Å². The number of hydrogen-bond acceptors (Lipinski definition) is 1. The Balaban J connectivity index is 2.51. The number of aryl methyl sites for hydroxylation is 1. The van der Waals surface area contributed by atoms with Gasteiger partial charge in [0, 0.05) is 11.7 Å². The average molecular weight is 222 g/mol. The maximum atomic E-state index is 5.20. The first-order valence-electron chi connectivity index (χ1n) is 5.26. The van der Waals surface area contributed by atoms with E-state index >= 15 is 0 Å². The molecule has 1 atom stereocenters. The lowest BCUT2D eigenvalue weighted by Crippen LogP contribution is -2.35. The number of hydrogen-bond donors (Lipinski definition) is 2. The molecule has 82 valence electrons. The molecule has 2 nitrogen and oxygen atoms in total. The summed E-state index contributed by atoms with van der Waals surface area (Å²) in [6.45, 7) is 6.31. The summed E-state index contributed by atoms with van der Waals surface area (Å²) in [5.41, 5.74) is 2.27. The summed E-state index contributed by atoms with van der Waals surface area (Å²) >= 11 is 5.20. The zero-order chi connectivity index (χ0) is 11.3. The van der Waals surface area contributed by atoms with E-state index in [0.717, 1.165) is 12.1 Å². The van der Waals surface area contributed by atoms with Crippen LogP contribution in [0.4, 0.5) is 5.69 Å². The van der Waals surface area contributed by atoms with Crippen LogP contribution in [0, 0.1) is 6.92 Å². The van der Waals surface area contributed by atoms with Gasteiger partial charge >= 0.3 is 0 Å². The molecule has 0 fully saturated rings. The molecule has 0 aliphatic rings. The zero-order valence-electron chi connectivity index (χ0n) is 9.50. The normalized spacial score (nSPS) is 11.9. The molecule has 2 N–H and O–H groups in total. The molecule has 1 aromatic carbocycles. The largest absolute Gasteiger partial charge is 0.360 e. The van der Waals surface area contributed by atoms with Crippen molar-refractivity contribution >= 4 is 23.0 Å². The van der Waals surface area contributed by atoms with E-state index in [9.17, 15) is 0 Å². The van der Waals surface area contributed by atoms with Crippen LogP contribution in [0.3, 0.4) is 0 Å². The van der Waals surface area contributed by atoms with Crippen LogP contribution < -0.4 is 10.6 Å². The first-order valence-corrected chi connectivity index (χ1v) is 5.67. The van der Waals surface area contributed by atoms with Gasteiger partial charge in [-0.15, -0.1) is 0 Å². The van der Waals surface area contributed by atoms with Crippen LogP contribution >= 0.6 is 12.2 Å². The minimum Gasteiger partial charge on any atom is -0.360 e. The fourth-order valence-corrected chi connectivity index (χ4v) is 1.53. The van der Waals surface area contributed by atoms with Crippen molar-refractivity contribution in [2.75, 3.05) is 5.32 Å². The molecule has 0 radical (unpaired) electrons. The summed E-state index contributed by atoms with van der Waals surface area (Å²) in [4.78, 5) is 0. The van der Waals surface area contributed by atoms with Gasteiger partial charge in [0.05, 0.1) is 0 Å². The second kappa shape index (κ2) is 5.71. The Morgan fingerprint density at radius 3 is 2.80 bits per heavy atom. The smallest absolute Gasteiger partial charge is 0.170 e. The van der Waals surface area contributed by atoms with Gasteiger partial charge in [-0.1, -0.05) is 19.1 Å². The van der Waals surface area contributed by atoms with Crippen molar-refractivity contribution in [3.05, 3.63) is 29.8 Å². The molecule has 0 aliphatic carbocycles. The summed E-state index contributed by atoms with van der Waals surface area (Å²) in [6, 6.07) is 8.58. The van der Waals surface area contributed by atoms with E-state index in [1.165, 1.54) is 5.56 Å². The van der Waals surface area contributed by atoms with Crippen molar-refractivity contribution in [3.63, 3.8) is 0 Å². The van der Waals surface area contributed by atoms with Gasteiger partial charge in [0.15, 0.2) is 5.11 Å². The number of nitrogens with one attached hydrogen (secondary N) is 2. The van der Waals surface area contributed by atoms with Crippen LogP contribution in [0.5, 0.6) is 0 Å². The molecular weight excluding hydrogens is 204 g/mol. The molecule has 15 heavy (non-hydrogen) atoms. The summed E-state index contributed by atoms with van der Waals surface area (Å²) in [5, 5.41) is 7.08. The van der Waals surface area contributed by atoms with Gasteiger partial charge in [-0.2, -0.15) is 0 Å². The monoisotopic (exact) mass is 222 g/mol. The molecular formula is C12H18N2S. The van der Waals surface area contributed by atoms with Crippen LogP contribution in [0.2, 0.25) is 0 Å². The third-order valence-corrected chi connectivity index (χ3v) is 2.49. The van der Waals surface area contributed by atoms with E-state index in [1.807, 2.05) is 12.1 Å². The van der Waals surface area contributed by atoms with Crippen molar-refractivity contribution in [1.29, 1.82) is 0 Å². The molecule has 0 saturated heterocycles. The summed E-state index contributed by atoms with van der Waals surface area (Å²) in [7, 11) is 0. The maximum absolute atomic E-state index is 5.20. The highest BCUT2D eigenvalue weighted by molar-refractivity contribution is 7.80. The molecule has 3 heteroatoms. The molecule has 1 aromatic rings. The van der Waals surface area contributed by atoms with E-state index in [2.05, 4.69) is 43.5 Å². The topological polar surface area (TPSA) is 24.1 Å². The molecule has 1 rings (SSSR count). The maximum Gasteiger partial charge on any atom is 0.170 e. The minimum absolute atomic E-state index is 0.412. The standard InChI is InChI=1S/C12H18N2S/c1-4-10(3)13-12(15)14-11-7-5-6-9(2)8-11/h5-8,10H,4H2,1-3H3,(H2,13,14,15). The summed E-state index contributed by atoms with van der Waals surface area (Å²) in [5.74, 6) is 0. The predicted molar refractivity (Wildman–Crippen MR) is 70.3 cm³/mol. The van der Waals surface area contributed by atoms with E-state index in [0.29, 0.717) is 11.2 Å².